The third kappa shape index (κ3) is 6.78. The molecule has 49 heavy (non-hydrogen) atoms. The Hall–Kier alpha value is -3.64. The minimum absolute atomic E-state index is 0.0351. The number of anilines is 1. The number of hydrogen-bond acceptors (Lipinski definition) is 7. The summed E-state index contributed by atoms with van der Waals surface area (Å²) in [7, 11) is -4.16. The molecule has 7 rings (SSSR count). The van der Waals surface area contributed by atoms with Crippen LogP contribution in [-0.4, -0.2) is 77.8 Å². The number of nitrogens with one attached hydrogen (secondary N) is 1. The average molecular weight is 694 g/mol. The number of benzene rings is 2. The number of hydrogen-bond donors (Lipinski definition) is 1. The second-order valence-corrected chi connectivity index (χ2v) is 16.8. The zero-order valence-corrected chi connectivity index (χ0v) is 29.4. The molecule has 3 fully saturated rings. The van der Waals surface area contributed by atoms with Gasteiger partial charge in [-0.05, 0) is 99.7 Å². The highest BCUT2D eigenvalue weighted by molar-refractivity contribution is 7.92. The monoisotopic (exact) mass is 693 g/mol. The van der Waals surface area contributed by atoms with Crippen LogP contribution in [0.5, 0.6) is 5.88 Å². The minimum atomic E-state index is -4.16. The number of fused-ring (bicyclic) bond motifs is 4. The molecule has 1 saturated heterocycles. The summed E-state index contributed by atoms with van der Waals surface area (Å²) in [4.78, 5) is 27.7. The quantitative estimate of drug-likeness (QED) is 0.312. The fraction of sp³-hybridized carbons (Fsp3) is 0.541. The fourth-order valence-electron chi connectivity index (χ4n) is 8.43. The second-order valence-electron chi connectivity index (χ2n) is 15.1. The number of aromatic nitrogens is 2. The summed E-state index contributed by atoms with van der Waals surface area (Å²) < 4.78 is 63.5. The van der Waals surface area contributed by atoms with Gasteiger partial charge >= 0.3 is 0 Å². The topological polar surface area (TPSA) is 105 Å². The van der Waals surface area contributed by atoms with Gasteiger partial charge < -0.3 is 9.64 Å². The van der Waals surface area contributed by atoms with Gasteiger partial charge in [0.25, 0.3) is 21.9 Å². The van der Waals surface area contributed by atoms with Gasteiger partial charge in [-0.3, -0.25) is 9.69 Å². The molecular formula is C37H45F2N5O4S. The van der Waals surface area contributed by atoms with Gasteiger partial charge in [0.05, 0.1) is 16.6 Å². The lowest BCUT2D eigenvalue weighted by Crippen LogP contribution is -2.61. The van der Waals surface area contributed by atoms with Gasteiger partial charge in [-0.25, -0.2) is 26.9 Å². The van der Waals surface area contributed by atoms with E-state index in [9.17, 15) is 22.0 Å². The van der Waals surface area contributed by atoms with Crippen LogP contribution in [0.4, 0.5) is 14.7 Å². The Kier molecular flexibility index (Phi) is 8.70. The maximum Gasteiger partial charge on any atom is 0.264 e. The minimum Gasteiger partial charge on any atom is -0.475 e. The van der Waals surface area contributed by atoms with E-state index in [1.54, 1.807) is 18.2 Å². The molecule has 1 spiro atoms. The summed E-state index contributed by atoms with van der Waals surface area (Å²) in [5.41, 5.74) is 3.72. The van der Waals surface area contributed by atoms with Crippen LogP contribution in [0.15, 0.2) is 53.4 Å². The molecule has 3 heterocycles. The second kappa shape index (κ2) is 12.6. The molecule has 3 aromatic rings. The summed E-state index contributed by atoms with van der Waals surface area (Å²) in [5.74, 6) is -2.40. The molecule has 1 amide bonds. The van der Waals surface area contributed by atoms with Crippen LogP contribution in [0.25, 0.3) is 11.3 Å². The van der Waals surface area contributed by atoms with Gasteiger partial charge in [-0.15, -0.1) is 0 Å². The van der Waals surface area contributed by atoms with Gasteiger partial charge in [-0.2, -0.15) is 4.98 Å². The highest BCUT2D eigenvalue weighted by Crippen LogP contribution is 2.53. The van der Waals surface area contributed by atoms with Crippen molar-refractivity contribution in [1.29, 1.82) is 0 Å². The van der Waals surface area contributed by atoms with Crippen molar-refractivity contribution in [1.82, 2.24) is 19.8 Å². The first-order chi connectivity index (χ1) is 23.2. The van der Waals surface area contributed by atoms with Crippen LogP contribution < -0.4 is 9.46 Å². The molecule has 1 atom stereocenters. The van der Waals surface area contributed by atoms with E-state index in [0.29, 0.717) is 17.7 Å². The van der Waals surface area contributed by atoms with Crippen molar-refractivity contribution in [3.8, 4) is 17.1 Å². The third-order valence-electron chi connectivity index (χ3n) is 11.0. The fourth-order valence-corrected chi connectivity index (χ4v) is 9.42. The van der Waals surface area contributed by atoms with E-state index < -0.39 is 15.9 Å². The van der Waals surface area contributed by atoms with Crippen molar-refractivity contribution >= 4 is 21.9 Å². The molecule has 0 radical (unpaired) electrons. The summed E-state index contributed by atoms with van der Waals surface area (Å²) in [6.45, 7) is 9.96. The number of amides is 1. The van der Waals surface area contributed by atoms with Crippen LogP contribution in [0, 0.1) is 25.2 Å². The van der Waals surface area contributed by atoms with E-state index in [4.69, 9.17) is 4.74 Å². The van der Waals surface area contributed by atoms with Crippen molar-refractivity contribution in [2.75, 3.05) is 24.4 Å². The highest BCUT2D eigenvalue weighted by atomic mass is 32.2. The number of carbonyl (C=O) groups excluding carboxylic acids is 1. The van der Waals surface area contributed by atoms with Crippen LogP contribution in [0.1, 0.15) is 80.3 Å². The molecule has 4 bridgehead atoms. The van der Waals surface area contributed by atoms with Crippen molar-refractivity contribution in [2.24, 2.45) is 11.3 Å². The number of nitrogens with zero attached hydrogens (tertiary/aromatic N) is 4. The molecule has 2 saturated carbocycles. The van der Waals surface area contributed by atoms with Crippen molar-refractivity contribution < 1.29 is 26.7 Å². The van der Waals surface area contributed by atoms with Crippen LogP contribution >= 0.6 is 0 Å². The van der Waals surface area contributed by atoms with E-state index in [1.807, 2.05) is 36.9 Å². The number of rotatable bonds is 5. The van der Waals surface area contributed by atoms with E-state index >= 15 is 0 Å². The van der Waals surface area contributed by atoms with Crippen LogP contribution in [0.2, 0.25) is 0 Å². The van der Waals surface area contributed by atoms with E-state index in [-0.39, 0.29) is 71.5 Å². The van der Waals surface area contributed by atoms with Gasteiger partial charge in [0.1, 0.15) is 6.61 Å². The Morgan fingerprint density at radius 1 is 0.959 bits per heavy atom. The number of halogens is 2. The summed E-state index contributed by atoms with van der Waals surface area (Å²) in [5, 5.41) is 0. The Balaban J connectivity index is 1.22. The first-order valence-corrected chi connectivity index (χ1v) is 18.9. The first kappa shape index (κ1) is 33.8. The number of carbonyl (C=O) groups is 1. The van der Waals surface area contributed by atoms with Crippen molar-refractivity contribution in [2.45, 2.75) is 102 Å². The maximum absolute atomic E-state index is 14.5. The van der Waals surface area contributed by atoms with Crippen LogP contribution in [0.3, 0.4) is 0 Å². The Morgan fingerprint density at radius 2 is 1.63 bits per heavy atom. The van der Waals surface area contributed by atoms with Gasteiger partial charge in [0.2, 0.25) is 11.8 Å². The van der Waals surface area contributed by atoms with Crippen LogP contribution in [-0.2, 0) is 10.0 Å². The number of sulfonamides is 1. The zero-order valence-electron chi connectivity index (χ0n) is 28.6. The van der Waals surface area contributed by atoms with E-state index in [2.05, 4.69) is 33.4 Å². The molecule has 1 N–H and O–H groups in total. The molecule has 262 valence electrons. The van der Waals surface area contributed by atoms with Gasteiger partial charge in [0, 0.05) is 42.1 Å². The number of aryl methyl sites for hydroxylation is 2. The molecule has 0 unspecified atom stereocenters. The number of alkyl halides is 2. The Labute approximate surface area is 287 Å². The number of piperidine rings is 1. The standard InChI is InChI=1S/C37H45F2N5O4S/c1-23(2)15-27-22-48-32-17-31(33-24(3)7-5-8-25(33)4)40-35(41-32)42-49(46,47)30-10-6-9-26(16-30)34(45)44(27)29-18-36(19-29)11-13-43(14-12-36)28-20-37(38,39)21-28/h5-10,16-17,23,27-29H,11-15,18-22H2,1-4H3,(H,40,41,42)/t27-/m1/s1. The predicted octanol–water partition coefficient (Wildman–Crippen LogP) is 6.85. The molecule has 4 aliphatic rings. The highest BCUT2D eigenvalue weighted by Gasteiger charge is 2.53. The Bertz CT molecular complexity index is 1820. The molecule has 2 aliphatic heterocycles. The zero-order chi connectivity index (χ0) is 34.7. The molecule has 2 aromatic carbocycles. The lowest BCUT2D eigenvalue weighted by molar-refractivity contribution is -0.139. The molecule has 9 nitrogen and oxygen atoms in total. The summed E-state index contributed by atoms with van der Waals surface area (Å²) >= 11 is 0. The lowest BCUT2D eigenvalue weighted by atomic mass is 9.59. The number of likely N-dealkylation sites (tertiary alicyclic amines) is 1. The Morgan fingerprint density at radius 3 is 2.29 bits per heavy atom. The smallest absolute Gasteiger partial charge is 0.264 e. The first-order valence-electron chi connectivity index (χ1n) is 17.4. The molecule has 12 heteroatoms. The third-order valence-corrected chi connectivity index (χ3v) is 12.4. The normalized spacial score (nSPS) is 23.8. The summed E-state index contributed by atoms with van der Waals surface area (Å²) in [6, 6.07) is 13.4. The maximum atomic E-state index is 14.5. The molecular weight excluding hydrogens is 649 g/mol. The van der Waals surface area contributed by atoms with Crippen molar-refractivity contribution in [3.05, 3.63) is 65.2 Å². The molecule has 2 aliphatic carbocycles. The lowest BCUT2D eigenvalue weighted by Gasteiger charge is -2.58. The average Bonchev–Trinajstić information content (AvgIpc) is 3.01. The number of ether oxygens (including phenoxy) is 1. The largest absolute Gasteiger partial charge is 0.475 e. The van der Waals surface area contributed by atoms with E-state index in [1.165, 1.54) is 12.1 Å². The van der Waals surface area contributed by atoms with Crippen molar-refractivity contribution in [3.63, 3.8) is 0 Å². The van der Waals surface area contributed by atoms with Gasteiger partial charge in [0.15, 0.2) is 0 Å². The predicted molar refractivity (Wildman–Crippen MR) is 183 cm³/mol. The SMILES string of the molecule is Cc1cccc(C)c1-c1cc2nc(n1)NS(=O)(=O)c1cccc(c1)C(=O)N(C1CC3(CCN(C4CC(F)(F)C4)CC3)C1)[C@H](CC(C)C)CO2. The summed E-state index contributed by atoms with van der Waals surface area (Å²) in [6.07, 6.45) is 4.05. The van der Waals surface area contributed by atoms with E-state index in [0.717, 1.165) is 55.5 Å². The van der Waals surface area contributed by atoms with Gasteiger partial charge in [-0.1, -0.05) is 38.1 Å². The molecule has 1 aromatic heterocycles.